The van der Waals surface area contributed by atoms with Gasteiger partial charge in [0.15, 0.2) is 0 Å². The number of hydrogen-bond donors (Lipinski definition) is 1. The van der Waals surface area contributed by atoms with E-state index in [1.807, 2.05) is 91.9 Å². The van der Waals surface area contributed by atoms with Gasteiger partial charge in [0.1, 0.15) is 5.75 Å². The second-order valence-electron chi connectivity index (χ2n) is 7.98. The van der Waals surface area contributed by atoms with Crippen molar-refractivity contribution in [3.05, 3.63) is 108 Å². The van der Waals surface area contributed by atoms with Crippen molar-refractivity contribution in [3.8, 4) is 17.1 Å². The number of nitrogens with one attached hydrogen (secondary N) is 1. The Morgan fingerprint density at radius 3 is 2.38 bits per heavy atom. The highest BCUT2D eigenvalue weighted by Gasteiger charge is 2.36. The van der Waals surface area contributed by atoms with Crippen molar-refractivity contribution in [2.75, 3.05) is 7.11 Å². The van der Waals surface area contributed by atoms with Crippen LogP contribution in [0, 0.1) is 0 Å². The third-order valence-electron chi connectivity index (χ3n) is 5.94. The van der Waals surface area contributed by atoms with Crippen molar-refractivity contribution in [1.29, 1.82) is 0 Å². The van der Waals surface area contributed by atoms with Crippen LogP contribution in [0.5, 0.6) is 5.75 Å². The van der Waals surface area contributed by atoms with E-state index in [1.54, 1.807) is 12.0 Å². The molecule has 0 spiro atoms. The summed E-state index contributed by atoms with van der Waals surface area (Å²) in [6, 6.07) is 26.5. The number of methoxy groups -OCH3 is 1. The molecule has 1 N–H and O–H groups in total. The molecule has 0 fully saturated rings. The van der Waals surface area contributed by atoms with E-state index in [1.165, 1.54) is 0 Å². The van der Waals surface area contributed by atoms with Gasteiger partial charge in [-0.3, -0.25) is 4.90 Å². The number of nitrogens with zero attached hydrogens (tertiary/aromatic N) is 3. The van der Waals surface area contributed by atoms with E-state index >= 15 is 0 Å². The molecule has 2 heterocycles. The van der Waals surface area contributed by atoms with E-state index in [9.17, 15) is 4.79 Å². The van der Waals surface area contributed by atoms with E-state index in [4.69, 9.17) is 14.2 Å². The van der Waals surface area contributed by atoms with Crippen LogP contribution < -0.4 is 10.1 Å². The van der Waals surface area contributed by atoms with Gasteiger partial charge in [0.05, 0.1) is 25.3 Å². The van der Waals surface area contributed by atoms with E-state index in [0.29, 0.717) is 18.3 Å². The summed E-state index contributed by atoms with van der Waals surface area (Å²) in [5.41, 5.74) is 4.19. The summed E-state index contributed by atoms with van der Waals surface area (Å²) >= 11 is 0. The summed E-state index contributed by atoms with van der Waals surface area (Å²) in [6.07, 6.45) is 0. The molecule has 3 aromatic carbocycles. The molecule has 7 nitrogen and oxygen atoms in total. The van der Waals surface area contributed by atoms with Gasteiger partial charge in [-0.2, -0.15) is 4.98 Å². The predicted molar refractivity (Wildman–Crippen MR) is 129 cm³/mol. The highest BCUT2D eigenvalue weighted by molar-refractivity contribution is 5.87. The maximum atomic E-state index is 13.3. The number of amides is 2. The van der Waals surface area contributed by atoms with Crippen molar-refractivity contribution in [3.63, 3.8) is 0 Å². The number of para-hydroxylation sites is 1. The maximum absolute atomic E-state index is 13.3. The van der Waals surface area contributed by atoms with E-state index < -0.39 is 6.04 Å². The molecule has 7 heteroatoms. The third-order valence-corrected chi connectivity index (χ3v) is 5.94. The summed E-state index contributed by atoms with van der Waals surface area (Å²) in [7, 11) is 1.62. The van der Waals surface area contributed by atoms with Gasteiger partial charge in [0.2, 0.25) is 5.82 Å². The van der Waals surface area contributed by atoms with Crippen LogP contribution in [0.1, 0.15) is 30.0 Å². The lowest BCUT2D eigenvalue weighted by Gasteiger charge is -2.35. The molecule has 1 atom stereocenters. The van der Waals surface area contributed by atoms with Gasteiger partial charge < -0.3 is 14.6 Å². The predicted octanol–water partition coefficient (Wildman–Crippen LogP) is 5.44. The fourth-order valence-electron chi connectivity index (χ4n) is 4.19. The van der Waals surface area contributed by atoms with Crippen molar-refractivity contribution in [1.82, 2.24) is 20.4 Å². The van der Waals surface area contributed by atoms with Crippen LogP contribution in [0.25, 0.3) is 17.0 Å². The van der Waals surface area contributed by atoms with Crippen LogP contribution in [0.15, 0.2) is 95.1 Å². The van der Waals surface area contributed by atoms with Crippen molar-refractivity contribution in [2.24, 2.45) is 0 Å². The molecule has 1 aromatic heterocycles. The van der Waals surface area contributed by atoms with Crippen LogP contribution in [0.3, 0.4) is 0 Å². The van der Waals surface area contributed by atoms with Gasteiger partial charge in [0.25, 0.3) is 5.89 Å². The Labute approximate surface area is 197 Å². The maximum Gasteiger partial charge on any atom is 0.322 e. The Kier molecular flexibility index (Phi) is 5.82. The van der Waals surface area contributed by atoms with Gasteiger partial charge in [-0.25, -0.2) is 4.79 Å². The lowest BCUT2D eigenvalue weighted by atomic mass is 9.94. The Hall–Kier alpha value is -4.39. The Bertz CT molecular complexity index is 1330. The number of hydrogen-bond acceptors (Lipinski definition) is 5. The summed E-state index contributed by atoms with van der Waals surface area (Å²) < 4.78 is 11.2. The zero-order valence-corrected chi connectivity index (χ0v) is 18.9. The van der Waals surface area contributed by atoms with Crippen molar-refractivity contribution in [2.45, 2.75) is 19.5 Å². The monoisotopic (exact) mass is 452 g/mol. The van der Waals surface area contributed by atoms with Gasteiger partial charge in [-0.15, -0.1) is 0 Å². The molecule has 5 rings (SSSR count). The lowest BCUT2D eigenvalue weighted by molar-refractivity contribution is 0.202. The molecule has 0 saturated carbocycles. The molecular weight excluding hydrogens is 428 g/mol. The van der Waals surface area contributed by atoms with Crippen LogP contribution in [0.4, 0.5) is 4.79 Å². The van der Waals surface area contributed by atoms with Gasteiger partial charge >= 0.3 is 6.03 Å². The largest absolute Gasteiger partial charge is 0.496 e. The van der Waals surface area contributed by atoms with Crippen molar-refractivity contribution < 1.29 is 14.1 Å². The Morgan fingerprint density at radius 1 is 0.971 bits per heavy atom. The molecule has 0 aliphatic carbocycles. The minimum Gasteiger partial charge on any atom is -0.496 e. The zero-order chi connectivity index (χ0) is 23.5. The second kappa shape index (κ2) is 9.23. The topological polar surface area (TPSA) is 80.5 Å². The van der Waals surface area contributed by atoms with Crippen molar-refractivity contribution >= 4 is 11.6 Å². The van der Waals surface area contributed by atoms with E-state index in [2.05, 4.69) is 10.5 Å². The standard InChI is InChI=1S/C27H24N4O3/c1-18-23(26-29-25(30-34-26)20-13-7-4-8-14-20)24(19-11-5-3-6-12-19)28-27(32)31(18)17-21-15-9-10-16-22(21)33-2/h3-16,24H,17H2,1-2H3,(H,28,32). The molecule has 1 aliphatic rings. The second-order valence-corrected chi connectivity index (χ2v) is 7.98. The number of rotatable bonds is 6. The molecule has 170 valence electrons. The summed E-state index contributed by atoms with van der Waals surface area (Å²) in [6.45, 7) is 2.25. The summed E-state index contributed by atoms with van der Waals surface area (Å²) in [5, 5.41) is 7.34. The first-order valence-electron chi connectivity index (χ1n) is 11.0. The fourth-order valence-corrected chi connectivity index (χ4v) is 4.19. The number of urea groups is 1. The quantitative estimate of drug-likeness (QED) is 0.421. The molecule has 1 unspecified atom stereocenters. The van der Waals surface area contributed by atoms with Gasteiger partial charge in [0, 0.05) is 16.8 Å². The molecule has 0 bridgehead atoms. The smallest absolute Gasteiger partial charge is 0.322 e. The van der Waals surface area contributed by atoms with Crippen LogP contribution in [-0.4, -0.2) is 28.2 Å². The highest BCUT2D eigenvalue weighted by Crippen LogP contribution is 2.38. The lowest BCUT2D eigenvalue weighted by Crippen LogP contribution is -2.45. The number of allylic oxidation sites excluding steroid dienone is 1. The molecular formula is C27H24N4O3. The third kappa shape index (κ3) is 4.03. The van der Waals surface area contributed by atoms with Gasteiger partial charge in [-0.1, -0.05) is 84.0 Å². The zero-order valence-electron chi connectivity index (χ0n) is 18.9. The normalized spacial score (nSPS) is 15.9. The molecule has 0 radical (unpaired) electrons. The van der Waals surface area contributed by atoms with E-state index in [0.717, 1.165) is 33.7 Å². The molecule has 4 aromatic rings. The first-order chi connectivity index (χ1) is 16.7. The molecule has 0 saturated heterocycles. The molecule has 1 aliphatic heterocycles. The first-order valence-corrected chi connectivity index (χ1v) is 11.0. The molecule has 34 heavy (non-hydrogen) atoms. The average molecular weight is 453 g/mol. The summed E-state index contributed by atoms with van der Waals surface area (Å²) in [4.78, 5) is 19.6. The minimum atomic E-state index is -0.424. The number of carbonyl (C=O) groups is 1. The van der Waals surface area contributed by atoms with E-state index in [-0.39, 0.29) is 6.03 Å². The fraction of sp³-hybridized carbons (Fsp3) is 0.148. The van der Waals surface area contributed by atoms with Crippen LogP contribution >= 0.6 is 0 Å². The summed E-state index contributed by atoms with van der Waals surface area (Å²) in [5.74, 6) is 1.59. The molecule has 2 amide bonds. The minimum absolute atomic E-state index is 0.205. The van der Waals surface area contributed by atoms with Crippen LogP contribution in [-0.2, 0) is 6.54 Å². The number of carbonyl (C=O) groups excluding carboxylic acids is 1. The first kappa shape index (κ1) is 21.5. The Balaban J connectivity index is 1.60. The average Bonchev–Trinajstić information content (AvgIpc) is 3.37. The number of ether oxygens (including phenoxy) is 1. The highest BCUT2D eigenvalue weighted by atomic mass is 16.5. The van der Waals surface area contributed by atoms with Crippen LogP contribution in [0.2, 0.25) is 0 Å². The Morgan fingerprint density at radius 2 is 1.65 bits per heavy atom. The SMILES string of the molecule is COc1ccccc1CN1C(=O)NC(c2ccccc2)C(c2nc(-c3ccccc3)no2)=C1C. The number of benzene rings is 3. The number of aromatic nitrogens is 2. The van der Waals surface area contributed by atoms with Gasteiger partial charge in [-0.05, 0) is 18.6 Å².